The van der Waals surface area contributed by atoms with Crippen LogP contribution >= 0.6 is 23.2 Å². The van der Waals surface area contributed by atoms with Gasteiger partial charge in [-0.15, -0.1) is 23.2 Å². The van der Waals surface area contributed by atoms with Crippen LogP contribution in [0.3, 0.4) is 0 Å². The maximum Gasteiger partial charge on any atom is 0.129 e. The number of unbranched alkanes of at least 4 members (excludes halogenated alkanes) is 2. The number of carbonyl (C=O) groups excluding carboxylic acids is 2. The highest BCUT2D eigenvalue weighted by Gasteiger charge is 2.03. The van der Waals surface area contributed by atoms with Gasteiger partial charge in [0.2, 0.25) is 0 Å². The second-order valence-electron chi connectivity index (χ2n) is 6.16. The van der Waals surface area contributed by atoms with Crippen LogP contribution in [0.1, 0.15) is 78.1 Å². The zero-order valence-corrected chi connectivity index (χ0v) is 16.6. The van der Waals surface area contributed by atoms with Crippen LogP contribution in [-0.2, 0) is 9.59 Å². The van der Waals surface area contributed by atoms with Crippen molar-refractivity contribution in [2.75, 3.05) is 11.8 Å². The number of alkyl halides is 2. The highest BCUT2D eigenvalue weighted by molar-refractivity contribution is 6.18. The Morgan fingerprint density at radius 3 is 1.29 bits per heavy atom. The lowest BCUT2D eigenvalue weighted by Gasteiger charge is -2.06. The van der Waals surface area contributed by atoms with Gasteiger partial charge in [0.15, 0.2) is 0 Å². The molecule has 2 atom stereocenters. The summed E-state index contributed by atoms with van der Waals surface area (Å²) in [6.45, 7) is 3.18. The third-order valence-electron chi connectivity index (χ3n) is 3.52. The molecule has 0 fully saturated rings. The van der Waals surface area contributed by atoms with Crippen molar-refractivity contribution in [2.45, 2.75) is 90.3 Å². The first-order valence-electron chi connectivity index (χ1n) is 8.80. The number of rotatable bonds is 14. The standard InChI is InChI=1S/2C9H17ClO2/c2*1-8(11)4-2-3-5-9(12)6-7-10/h2*9,12H,2-7H2,1H3/t9-;/m0./s1. The van der Waals surface area contributed by atoms with Crippen LogP contribution in [0.25, 0.3) is 0 Å². The van der Waals surface area contributed by atoms with Crippen molar-refractivity contribution in [3.8, 4) is 0 Å². The molecule has 0 aliphatic heterocycles. The fourth-order valence-corrected chi connectivity index (χ4v) is 2.55. The zero-order chi connectivity index (χ0) is 18.8. The van der Waals surface area contributed by atoms with Gasteiger partial charge in [0, 0.05) is 24.6 Å². The number of aliphatic hydroxyl groups excluding tert-OH is 2. The molecule has 0 aromatic heterocycles. The number of halogens is 2. The molecule has 0 saturated carbocycles. The fraction of sp³-hybridized carbons (Fsp3) is 0.889. The van der Waals surface area contributed by atoms with Gasteiger partial charge in [-0.1, -0.05) is 12.8 Å². The fourth-order valence-electron chi connectivity index (χ4n) is 2.05. The van der Waals surface area contributed by atoms with E-state index in [0.29, 0.717) is 37.4 Å². The van der Waals surface area contributed by atoms with Crippen molar-refractivity contribution in [1.29, 1.82) is 0 Å². The van der Waals surface area contributed by atoms with Gasteiger partial charge in [0.1, 0.15) is 11.6 Å². The molecule has 0 aromatic rings. The van der Waals surface area contributed by atoms with Crippen LogP contribution in [0.4, 0.5) is 0 Å². The van der Waals surface area contributed by atoms with Crippen LogP contribution in [0.15, 0.2) is 0 Å². The Morgan fingerprint density at radius 1 is 0.708 bits per heavy atom. The molecule has 0 bridgehead atoms. The van der Waals surface area contributed by atoms with E-state index in [1.807, 2.05) is 0 Å². The van der Waals surface area contributed by atoms with E-state index in [9.17, 15) is 19.8 Å². The van der Waals surface area contributed by atoms with Gasteiger partial charge in [-0.05, 0) is 52.4 Å². The van der Waals surface area contributed by atoms with Crippen LogP contribution in [-0.4, -0.2) is 45.7 Å². The lowest BCUT2D eigenvalue weighted by molar-refractivity contribution is -0.118. The predicted octanol–water partition coefficient (Wildman–Crippen LogP) is 4.25. The number of Topliss-reactive ketones (excluding diaryl/α,β-unsaturated/α-hetero) is 2. The van der Waals surface area contributed by atoms with E-state index in [2.05, 4.69) is 0 Å². The summed E-state index contributed by atoms with van der Waals surface area (Å²) >= 11 is 10.9. The number of aliphatic hydroxyl groups is 2. The van der Waals surface area contributed by atoms with Gasteiger partial charge < -0.3 is 19.8 Å². The summed E-state index contributed by atoms with van der Waals surface area (Å²) < 4.78 is 0. The van der Waals surface area contributed by atoms with Gasteiger partial charge in [0.25, 0.3) is 0 Å². The van der Waals surface area contributed by atoms with Crippen LogP contribution < -0.4 is 0 Å². The third kappa shape index (κ3) is 24.1. The monoisotopic (exact) mass is 384 g/mol. The molecule has 6 heteroatoms. The van der Waals surface area contributed by atoms with Crippen molar-refractivity contribution in [3.63, 3.8) is 0 Å². The van der Waals surface area contributed by atoms with Gasteiger partial charge in [-0.3, -0.25) is 0 Å². The van der Waals surface area contributed by atoms with Gasteiger partial charge in [-0.2, -0.15) is 0 Å². The molecular weight excluding hydrogens is 351 g/mol. The molecule has 4 nitrogen and oxygen atoms in total. The van der Waals surface area contributed by atoms with Crippen LogP contribution in [0, 0.1) is 0 Å². The Bertz CT molecular complexity index is 281. The largest absolute Gasteiger partial charge is 0.393 e. The maximum absolute atomic E-state index is 10.5. The van der Waals surface area contributed by atoms with Gasteiger partial charge >= 0.3 is 0 Å². The molecule has 144 valence electrons. The molecule has 2 N–H and O–H groups in total. The number of carbonyl (C=O) groups is 2. The summed E-state index contributed by atoms with van der Waals surface area (Å²) in [5.74, 6) is 1.46. The zero-order valence-electron chi connectivity index (χ0n) is 15.1. The minimum atomic E-state index is -0.283. The quantitative estimate of drug-likeness (QED) is 0.346. The summed E-state index contributed by atoms with van der Waals surface area (Å²) in [5.41, 5.74) is 0. The minimum absolute atomic E-state index is 0.224. The average Bonchev–Trinajstić information content (AvgIpc) is 2.49. The summed E-state index contributed by atoms with van der Waals surface area (Å²) in [5, 5.41) is 18.5. The molecule has 0 spiro atoms. The first kappa shape index (κ1) is 26.1. The molecule has 0 radical (unpaired) electrons. The van der Waals surface area contributed by atoms with Crippen molar-refractivity contribution in [3.05, 3.63) is 0 Å². The number of ketones is 2. The molecule has 0 aliphatic carbocycles. The predicted molar refractivity (Wildman–Crippen MR) is 101 cm³/mol. The van der Waals surface area contributed by atoms with Crippen LogP contribution in [0.5, 0.6) is 0 Å². The Labute approximate surface area is 156 Å². The first-order valence-corrected chi connectivity index (χ1v) is 9.87. The van der Waals surface area contributed by atoms with Crippen molar-refractivity contribution >= 4 is 34.8 Å². The molecule has 0 amide bonds. The van der Waals surface area contributed by atoms with Gasteiger partial charge in [0.05, 0.1) is 12.2 Å². The highest BCUT2D eigenvalue weighted by atomic mass is 35.5. The molecule has 1 unspecified atom stereocenters. The second-order valence-corrected chi connectivity index (χ2v) is 6.91. The summed E-state index contributed by atoms with van der Waals surface area (Å²) in [6.07, 6.45) is 7.13. The maximum atomic E-state index is 10.5. The molecule has 0 aromatic carbocycles. The van der Waals surface area contributed by atoms with E-state index < -0.39 is 0 Å². The number of hydrogen-bond donors (Lipinski definition) is 2. The Kier molecular flexibility index (Phi) is 20.8. The lowest BCUT2D eigenvalue weighted by Crippen LogP contribution is -2.06. The normalized spacial score (nSPS) is 12.9. The summed E-state index contributed by atoms with van der Waals surface area (Å²) in [4.78, 5) is 21.1. The number of hydrogen-bond acceptors (Lipinski definition) is 4. The summed E-state index contributed by atoms with van der Waals surface area (Å²) in [7, 11) is 0. The van der Waals surface area contributed by atoms with Crippen molar-refractivity contribution in [2.24, 2.45) is 0 Å². The summed E-state index contributed by atoms with van der Waals surface area (Å²) in [6, 6.07) is 0. The second kappa shape index (κ2) is 19.2. The lowest BCUT2D eigenvalue weighted by atomic mass is 10.1. The van der Waals surface area contributed by atoms with E-state index in [-0.39, 0.29) is 23.8 Å². The smallest absolute Gasteiger partial charge is 0.129 e. The molecule has 0 heterocycles. The van der Waals surface area contributed by atoms with E-state index in [1.54, 1.807) is 13.8 Å². The molecular formula is C18H34Cl2O4. The Morgan fingerprint density at radius 2 is 1.04 bits per heavy atom. The van der Waals surface area contributed by atoms with E-state index in [0.717, 1.165) is 38.5 Å². The topological polar surface area (TPSA) is 74.6 Å². The van der Waals surface area contributed by atoms with E-state index in [1.165, 1.54) is 0 Å². The SMILES string of the molecule is CC(=O)CCCCC(O)CCCl.CC(=O)CCCC[C@H](O)CCCl. The Hall–Kier alpha value is -0.160. The molecule has 24 heavy (non-hydrogen) atoms. The Balaban J connectivity index is 0. The molecule has 0 aliphatic rings. The third-order valence-corrected chi connectivity index (χ3v) is 3.95. The van der Waals surface area contributed by atoms with Gasteiger partial charge in [-0.25, -0.2) is 0 Å². The average molecular weight is 385 g/mol. The minimum Gasteiger partial charge on any atom is -0.393 e. The highest BCUT2D eigenvalue weighted by Crippen LogP contribution is 2.08. The van der Waals surface area contributed by atoms with Crippen LogP contribution in [0.2, 0.25) is 0 Å². The van der Waals surface area contributed by atoms with E-state index in [4.69, 9.17) is 23.2 Å². The van der Waals surface area contributed by atoms with Crippen molar-refractivity contribution in [1.82, 2.24) is 0 Å². The molecule has 0 rings (SSSR count). The van der Waals surface area contributed by atoms with E-state index >= 15 is 0 Å². The first-order chi connectivity index (χ1) is 11.3. The molecule has 0 saturated heterocycles. The van der Waals surface area contributed by atoms with Crippen molar-refractivity contribution < 1.29 is 19.8 Å².